The van der Waals surface area contributed by atoms with Crippen LogP contribution in [0.5, 0.6) is 0 Å². The molecule has 6 heteroatoms. The number of hydrogen-bond donors (Lipinski definition) is 2. The summed E-state index contributed by atoms with van der Waals surface area (Å²) < 4.78 is 15.1. The van der Waals surface area contributed by atoms with Crippen molar-refractivity contribution in [1.82, 2.24) is 9.88 Å². The Balaban J connectivity index is 1.72. The van der Waals surface area contributed by atoms with Crippen molar-refractivity contribution in [2.75, 3.05) is 6.54 Å². The molecule has 1 atom stereocenters. The molecule has 0 radical (unpaired) electrons. The van der Waals surface area contributed by atoms with E-state index in [1.54, 1.807) is 12.1 Å². The number of halogens is 1. The maximum absolute atomic E-state index is 13.1. The number of amides is 2. The number of carbonyl (C=O) groups is 2. The molecule has 3 N–H and O–H groups in total. The summed E-state index contributed by atoms with van der Waals surface area (Å²) in [6.45, 7) is 3.94. The predicted molar refractivity (Wildman–Crippen MR) is 110 cm³/mol. The van der Waals surface area contributed by atoms with Gasteiger partial charge in [0.05, 0.1) is 11.5 Å². The van der Waals surface area contributed by atoms with Gasteiger partial charge in [-0.3, -0.25) is 9.59 Å². The van der Waals surface area contributed by atoms with Crippen LogP contribution in [0.25, 0.3) is 5.69 Å². The van der Waals surface area contributed by atoms with Gasteiger partial charge in [0.15, 0.2) is 0 Å². The van der Waals surface area contributed by atoms with Gasteiger partial charge in [-0.05, 0) is 56.2 Å². The maximum Gasteiger partial charge on any atom is 0.253 e. The van der Waals surface area contributed by atoms with Gasteiger partial charge in [-0.25, -0.2) is 4.39 Å². The minimum absolute atomic E-state index is 0.112. The van der Waals surface area contributed by atoms with E-state index in [0.717, 1.165) is 22.6 Å². The zero-order valence-electron chi connectivity index (χ0n) is 16.5. The summed E-state index contributed by atoms with van der Waals surface area (Å²) in [5, 5.41) is 2.82. The normalized spacial score (nSPS) is 11.8. The molecule has 1 heterocycles. The molecular weight excluding hydrogens is 369 g/mol. The lowest BCUT2D eigenvalue weighted by molar-refractivity contribution is -0.121. The van der Waals surface area contributed by atoms with Crippen molar-refractivity contribution in [2.24, 2.45) is 11.7 Å². The average molecular weight is 393 g/mol. The Hall–Kier alpha value is -3.41. The second-order valence-corrected chi connectivity index (χ2v) is 7.10. The summed E-state index contributed by atoms with van der Waals surface area (Å²) in [5.74, 6) is -1.69. The summed E-state index contributed by atoms with van der Waals surface area (Å²) >= 11 is 0. The Kier molecular flexibility index (Phi) is 6.12. The Labute approximate surface area is 169 Å². The van der Waals surface area contributed by atoms with Crippen molar-refractivity contribution in [1.29, 1.82) is 0 Å². The van der Waals surface area contributed by atoms with Crippen LogP contribution in [-0.4, -0.2) is 22.9 Å². The first kappa shape index (κ1) is 20.3. The molecular formula is C23H24FN3O2. The van der Waals surface area contributed by atoms with E-state index < -0.39 is 11.8 Å². The van der Waals surface area contributed by atoms with Crippen molar-refractivity contribution in [2.45, 2.75) is 20.3 Å². The maximum atomic E-state index is 13.1. The van der Waals surface area contributed by atoms with Crippen molar-refractivity contribution < 1.29 is 14.0 Å². The van der Waals surface area contributed by atoms with Crippen LogP contribution in [0, 0.1) is 25.6 Å². The van der Waals surface area contributed by atoms with E-state index in [2.05, 4.69) is 5.32 Å². The summed E-state index contributed by atoms with van der Waals surface area (Å²) in [7, 11) is 0. The van der Waals surface area contributed by atoms with Gasteiger partial charge >= 0.3 is 0 Å². The molecule has 3 aromatic rings. The van der Waals surface area contributed by atoms with E-state index in [9.17, 15) is 14.0 Å². The Morgan fingerprint density at radius 2 is 1.72 bits per heavy atom. The highest BCUT2D eigenvalue weighted by atomic mass is 19.1. The van der Waals surface area contributed by atoms with E-state index in [1.165, 1.54) is 12.1 Å². The lowest BCUT2D eigenvalue weighted by Gasteiger charge is -2.15. The number of hydrogen-bond acceptors (Lipinski definition) is 2. The number of carbonyl (C=O) groups excluding carboxylic acids is 2. The third kappa shape index (κ3) is 4.71. The topological polar surface area (TPSA) is 77.1 Å². The highest BCUT2D eigenvalue weighted by Crippen LogP contribution is 2.20. The lowest BCUT2D eigenvalue weighted by atomic mass is 9.98. The Bertz CT molecular complexity index is 1010. The van der Waals surface area contributed by atoms with Crippen molar-refractivity contribution in [3.8, 4) is 5.69 Å². The molecule has 1 aromatic heterocycles. The fraction of sp³-hybridized carbons (Fsp3) is 0.217. The standard InChI is InChI=1S/C23H24FN3O2/c1-15-12-21(16(2)27(15)20-6-4-3-5-7-20)23(29)26-14-18(22(25)28)13-17-8-10-19(24)11-9-17/h3-12,18H,13-14H2,1-2H3,(H2,25,28)(H,26,29). The van der Waals surface area contributed by atoms with E-state index in [4.69, 9.17) is 5.73 Å². The number of nitrogens with zero attached hydrogens (tertiary/aromatic N) is 1. The fourth-order valence-corrected chi connectivity index (χ4v) is 3.46. The van der Waals surface area contributed by atoms with Crippen LogP contribution >= 0.6 is 0 Å². The zero-order valence-corrected chi connectivity index (χ0v) is 16.5. The number of para-hydroxylation sites is 1. The van der Waals surface area contributed by atoms with Gasteiger partial charge in [0.2, 0.25) is 5.91 Å². The molecule has 2 amide bonds. The Morgan fingerprint density at radius 1 is 1.07 bits per heavy atom. The molecule has 0 aliphatic carbocycles. The highest BCUT2D eigenvalue weighted by molar-refractivity contribution is 5.96. The van der Waals surface area contributed by atoms with Gasteiger partial charge in [-0.15, -0.1) is 0 Å². The third-order valence-corrected chi connectivity index (χ3v) is 5.00. The molecule has 29 heavy (non-hydrogen) atoms. The molecule has 3 rings (SSSR count). The minimum atomic E-state index is -0.581. The number of rotatable bonds is 7. The first-order valence-corrected chi connectivity index (χ1v) is 9.43. The molecule has 150 valence electrons. The first-order valence-electron chi connectivity index (χ1n) is 9.43. The summed E-state index contributed by atoms with van der Waals surface area (Å²) in [6, 6.07) is 17.5. The number of nitrogens with two attached hydrogens (primary N) is 1. The molecule has 1 unspecified atom stereocenters. The van der Waals surface area contributed by atoms with Gasteiger partial charge in [0.1, 0.15) is 5.82 Å². The zero-order chi connectivity index (χ0) is 21.0. The number of primary amides is 1. The van der Waals surface area contributed by atoms with Crippen molar-refractivity contribution in [3.05, 3.63) is 89.0 Å². The smallest absolute Gasteiger partial charge is 0.253 e. The molecule has 0 fully saturated rings. The largest absolute Gasteiger partial charge is 0.369 e. The molecule has 0 saturated heterocycles. The van der Waals surface area contributed by atoms with Gasteiger partial charge in [0, 0.05) is 23.6 Å². The van der Waals surface area contributed by atoms with Crippen molar-refractivity contribution in [3.63, 3.8) is 0 Å². The van der Waals surface area contributed by atoms with Crippen LogP contribution < -0.4 is 11.1 Å². The summed E-state index contributed by atoms with van der Waals surface area (Å²) in [4.78, 5) is 24.6. The molecule has 0 aliphatic heterocycles. The van der Waals surface area contributed by atoms with Crippen LogP contribution in [0.1, 0.15) is 27.3 Å². The Morgan fingerprint density at radius 3 is 2.34 bits per heavy atom. The SMILES string of the molecule is Cc1cc(C(=O)NCC(Cc2ccc(F)cc2)C(N)=O)c(C)n1-c1ccccc1. The molecule has 0 bridgehead atoms. The monoisotopic (exact) mass is 393 g/mol. The fourth-order valence-electron chi connectivity index (χ4n) is 3.46. The number of benzene rings is 2. The molecule has 5 nitrogen and oxygen atoms in total. The van der Waals surface area contributed by atoms with Gasteiger partial charge in [-0.1, -0.05) is 30.3 Å². The van der Waals surface area contributed by atoms with Gasteiger partial charge in [-0.2, -0.15) is 0 Å². The quantitative estimate of drug-likeness (QED) is 0.646. The van der Waals surface area contributed by atoms with Crippen LogP contribution in [0.2, 0.25) is 0 Å². The van der Waals surface area contributed by atoms with E-state index in [0.29, 0.717) is 12.0 Å². The molecule has 0 spiro atoms. The highest BCUT2D eigenvalue weighted by Gasteiger charge is 2.20. The number of aryl methyl sites for hydroxylation is 1. The first-order chi connectivity index (χ1) is 13.9. The van der Waals surface area contributed by atoms with Crippen LogP contribution in [0.15, 0.2) is 60.7 Å². The summed E-state index contributed by atoms with van der Waals surface area (Å²) in [6.07, 6.45) is 0.332. The van der Waals surface area contributed by atoms with E-state index in [1.807, 2.05) is 54.8 Å². The summed E-state index contributed by atoms with van der Waals surface area (Å²) in [5.41, 5.74) is 9.58. The molecule has 2 aromatic carbocycles. The van der Waals surface area contributed by atoms with Crippen LogP contribution in [0.3, 0.4) is 0 Å². The average Bonchev–Trinajstić information content (AvgIpc) is 3.01. The second-order valence-electron chi connectivity index (χ2n) is 7.10. The predicted octanol–water partition coefficient (Wildman–Crippen LogP) is 3.31. The number of aromatic nitrogens is 1. The van der Waals surface area contributed by atoms with Crippen molar-refractivity contribution >= 4 is 11.8 Å². The molecule has 0 saturated carbocycles. The van der Waals surface area contributed by atoms with Gasteiger partial charge in [0.25, 0.3) is 5.91 Å². The minimum Gasteiger partial charge on any atom is -0.369 e. The van der Waals surface area contributed by atoms with E-state index >= 15 is 0 Å². The lowest BCUT2D eigenvalue weighted by Crippen LogP contribution is -2.37. The van der Waals surface area contributed by atoms with Gasteiger partial charge < -0.3 is 15.6 Å². The number of nitrogens with one attached hydrogen (secondary N) is 1. The van der Waals surface area contributed by atoms with E-state index in [-0.39, 0.29) is 18.3 Å². The third-order valence-electron chi connectivity index (χ3n) is 5.00. The molecule has 0 aliphatic rings. The van der Waals surface area contributed by atoms with Crippen LogP contribution in [-0.2, 0) is 11.2 Å². The van der Waals surface area contributed by atoms with Crippen LogP contribution in [0.4, 0.5) is 4.39 Å². The second kappa shape index (κ2) is 8.73.